The summed E-state index contributed by atoms with van der Waals surface area (Å²) in [6, 6.07) is 8.69. The van der Waals surface area contributed by atoms with Gasteiger partial charge < -0.3 is 10.0 Å². The number of carbonyl (C=O) groups is 2. The minimum Gasteiger partial charge on any atom is -0.480 e. The van der Waals surface area contributed by atoms with Crippen LogP contribution in [0, 0.1) is 11.3 Å². The molecule has 0 spiro atoms. The molecule has 94 valence electrons. The average molecular weight is 246 g/mol. The molecule has 0 bridgehead atoms. The fraction of sp³-hybridized carbons (Fsp3) is 0.308. The summed E-state index contributed by atoms with van der Waals surface area (Å²) in [6.45, 7) is 1.73. The van der Waals surface area contributed by atoms with Gasteiger partial charge >= 0.3 is 5.97 Å². The Balaban J connectivity index is 2.91. The third-order valence-electron chi connectivity index (χ3n) is 2.45. The van der Waals surface area contributed by atoms with Crippen molar-refractivity contribution in [2.75, 3.05) is 13.1 Å². The van der Waals surface area contributed by atoms with Gasteiger partial charge in [-0.1, -0.05) is 12.1 Å². The number of carboxylic acids is 1. The van der Waals surface area contributed by atoms with Crippen LogP contribution < -0.4 is 0 Å². The number of hydrogen-bond donors (Lipinski definition) is 1. The molecule has 0 aliphatic carbocycles. The Kier molecular flexibility index (Phi) is 4.88. The van der Waals surface area contributed by atoms with E-state index < -0.39 is 5.97 Å². The van der Waals surface area contributed by atoms with Gasteiger partial charge in [-0.2, -0.15) is 5.26 Å². The average Bonchev–Trinajstić information content (AvgIpc) is 2.35. The number of nitriles is 1. The molecule has 1 rings (SSSR count). The third kappa shape index (κ3) is 3.59. The van der Waals surface area contributed by atoms with Crippen molar-refractivity contribution in [2.45, 2.75) is 13.3 Å². The van der Waals surface area contributed by atoms with E-state index in [9.17, 15) is 9.59 Å². The van der Waals surface area contributed by atoms with Gasteiger partial charge in [-0.25, -0.2) is 0 Å². The largest absolute Gasteiger partial charge is 0.480 e. The van der Waals surface area contributed by atoms with Crippen LogP contribution in [-0.4, -0.2) is 35.0 Å². The fourth-order valence-electron chi connectivity index (χ4n) is 1.58. The lowest BCUT2D eigenvalue weighted by molar-refractivity contribution is -0.137. The van der Waals surface area contributed by atoms with Crippen LogP contribution in [0.1, 0.15) is 22.8 Å². The molecule has 1 amide bonds. The number of rotatable bonds is 5. The van der Waals surface area contributed by atoms with E-state index in [0.29, 0.717) is 12.1 Å². The summed E-state index contributed by atoms with van der Waals surface area (Å²) in [5.74, 6) is -1.38. The lowest BCUT2D eigenvalue weighted by Gasteiger charge is -2.18. The Morgan fingerprint density at radius 2 is 2.17 bits per heavy atom. The fourth-order valence-corrected chi connectivity index (χ4v) is 1.58. The second-order valence-corrected chi connectivity index (χ2v) is 3.75. The first-order valence-electron chi connectivity index (χ1n) is 5.55. The number of amides is 1. The van der Waals surface area contributed by atoms with E-state index in [1.54, 1.807) is 31.2 Å². The van der Waals surface area contributed by atoms with Gasteiger partial charge in [-0.05, 0) is 24.6 Å². The second-order valence-electron chi connectivity index (χ2n) is 3.75. The van der Waals surface area contributed by atoms with Gasteiger partial charge in [0.25, 0.3) is 5.91 Å². The molecule has 0 aromatic heterocycles. The normalized spacial score (nSPS) is 9.56. The van der Waals surface area contributed by atoms with E-state index in [-0.39, 0.29) is 18.9 Å². The SMILES string of the molecule is CCN(CC(=O)O)C(=O)c1cccc(CC#N)c1. The summed E-state index contributed by atoms with van der Waals surface area (Å²) in [6.07, 6.45) is 0.228. The van der Waals surface area contributed by atoms with Crippen molar-refractivity contribution in [2.24, 2.45) is 0 Å². The van der Waals surface area contributed by atoms with Crippen LogP contribution in [0.3, 0.4) is 0 Å². The molecule has 1 aromatic rings. The predicted molar refractivity (Wildman–Crippen MR) is 65.0 cm³/mol. The molecule has 0 unspecified atom stereocenters. The van der Waals surface area contributed by atoms with Crippen LogP contribution >= 0.6 is 0 Å². The summed E-state index contributed by atoms with van der Waals surface area (Å²) in [7, 11) is 0. The van der Waals surface area contributed by atoms with E-state index in [2.05, 4.69) is 0 Å². The Morgan fingerprint density at radius 3 is 2.72 bits per heavy atom. The Labute approximate surface area is 105 Å². The van der Waals surface area contributed by atoms with Crippen molar-refractivity contribution < 1.29 is 14.7 Å². The highest BCUT2D eigenvalue weighted by atomic mass is 16.4. The molecule has 0 radical (unpaired) electrons. The topological polar surface area (TPSA) is 81.4 Å². The summed E-state index contributed by atoms with van der Waals surface area (Å²) in [5, 5.41) is 17.3. The smallest absolute Gasteiger partial charge is 0.323 e. The highest BCUT2D eigenvalue weighted by Crippen LogP contribution is 2.09. The van der Waals surface area contributed by atoms with Crippen molar-refractivity contribution in [1.29, 1.82) is 5.26 Å². The molecule has 0 fully saturated rings. The zero-order chi connectivity index (χ0) is 13.5. The van der Waals surface area contributed by atoms with Crippen LogP contribution in [0.4, 0.5) is 0 Å². The maximum absolute atomic E-state index is 12.0. The Bertz CT molecular complexity index is 491. The monoisotopic (exact) mass is 246 g/mol. The number of likely N-dealkylation sites (N-methyl/N-ethyl adjacent to an activating group) is 1. The van der Waals surface area contributed by atoms with Gasteiger partial charge in [0.1, 0.15) is 6.54 Å². The first-order chi connectivity index (χ1) is 8.58. The lowest BCUT2D eigenvalue weighted by atomic mass is 10.1. The molecule has 18 heavy (non-hydrogen) atoms. The maximum Gasteiger partial charge on any atom is 0.323 e. The van der Waals surface area contributed by atoms with Crippen molar-refractivity contribution in [3.05, 3.63) is 35.4 Å². The molecule has 5 heteroatoms. The molecular weight excluding hydrogens is 232 g/mol. The molecule has 0 saturated carbocycles. The van der Waals surface area contributed by atoms with Gasteiger partial charge in [0, 0.05) is 12.1 Å². The van der Waals surface area contributed by atoms with Crippen molar-refractivity contribution >= 4 is 11.9 Å². The highest BCUT2D eigenvalue weighted by Gasteiger charge is 2.16. The quantitative estimate of drug-likeness (QED) is 0.849. The Morgan fingerprint density at radius 1 is 1.44 bits per heavy atom. The van der Waals surface area contributed by atoms with Gasteiger partial charge in [0.2, 0.25) is 0 Å². The van der Waals surface area contributed by atoms with E-state index >= 15 is 0 Å². The van der Waals surface area contributed by atoms with Gasteiger partial charge in [-0.15, -0.1) is 0 Å². The van der Waals surface area contributed by atoms with Gasteiger partial charge in [0.15, 0.2) is 0 Å². The first kappa shape index (κ1) is 13.7. The van der Waals surface area contributed by atoms with E-state index in [4.69, 9.17) is 10.4 Å². The molecule has 0 atom stereocenters. The van der Waals surface area contributed by atoms with E-state index in [1.807, 2.05) is 6.07 Å². The summed E-state index contributed by atoms with van der Waals surface area (Å²) >= 11 is 0. The number of carbonyl (C=O) groups excluding carboxylic acids is 1. The minimum absolute atomic E-state index is 0.228. The number of aliphatic carboxylic acids is 1. The summed E-state index contributed by atoms with van der Waals surface area (Å²) in [5.41, 5.74) is 1.15. The van der Waals surface area contributed by atoms with Crippen molar-refractivity contribution in [3.8, 4) is 6.07 Å². The molecule has 0 heterocycles. The van der Waals surface area contributed by atoms with Crippen LogP contribution in [0.25, 0.3) is 0 Å². The number of benzene rings is 1. The molecule has 0 aliphatic heterocycles. The van der Waals surface area contributed by atoms with Crippen molar-refractivity contribution in [3.63, 3.8) is 0 Å². The van der Waals surface area contributed by atoms with Crippen molar-refractivity contribution in [1.82, 2.24) is 4.90 Å². The highest BCUT2D eigenvalue weighted by molar-refractivity contribution is 5.96. The molecule has 0 saturated heterocycles. The van der Waals surface area contributed by atoms with Crippen LogP contribution in [-0.2, 0) is 11.2 Å². The van der Waals surface area contributed by atoms with E-state index in [1.165, 1.54) is 4.90 Å². The predicted octanol–water partition coefficient (Wildman–Crippen LogP) is 1.30. The molecular formula is C13H14N2O3. The number of carboxylic acid groups (broad SMARTS) is 1. The van der Waals surface area contributed by atoms with Gasteiger partial charge in [0.05, 0.1) is 12.5 Å². The summed E-state index contributed by atoms with van der Waals surface area (Å²) < 4.78 is 0. The Hall–Kier alpha value is -2.35. The number of hydrogen-bond acceptors (Lipinski definition) is 3. The zero-order valence-corrected chi connectivity index (χ0v) is 10.1. The van der Waals surface area contributed by atoms with Crippen LogP contribution in [0.2, 0.25) is 0 Å². The maximum atomic E-state index is 12.0. The second kappa shape index (κ2) is 6.40. The van der Waals surface area contributed by atoms with Crippen LogP contribution in [0.15, 0.2) is 24.3 Å². The third-order valence-corrected chi connectivity index (χ3v) is 2.45. The number of nitrogens with zero attached hydrogens (tertiary/aromatic N) is 2. The minimum atomic E-state index is -1.04. The molecule has 0 aliphatic rings. The molecule has 1 aromatic carbocycles. The van der Waals surface area contributed by atoms with Gasteiger partial charge in [-0.3, -0.25) is 9.59 Å². The first-order valence-corrected chi connectivity index (χ1v) is 5.55. The standard InChI is InChI=1S/C13H14N2O3/c1-2-15(9-12(16)17)13(18)11-5-3-4-10(8-11)6-7-14/h3-5,8H,2,6,9H2,1H3,(H,16,17). The van der Waals surface area contributed by atoms with E-state index in [0.717, 1.165) is 5.56 Å². The van der Waals surface area contributed by atoms with Crippen LogP contribution in [0.5, 0.6) is 0 Å². The molecule has 1 N–H and O–H groups in total. The molecule has 5 nitrogen and oxygen atoms in total. The lowest BCUT2D eigenvalue weighted by Crippen LogP contribution is -2.35. The zero-order valence-electron chi connectivity index (χ0n) is 10.1. The summed E-state index contributed by atoms with van der Waals surface area (Å²) in [4.78, 5) is 23.9.